The van der Waals surface area contributed by atoms with Crippen molar-refractivity contribution in [3.8, 4) is 0 Å². The summed E-state index contributed by atoms with van der Waals surface area (Å²) in [5, 5.41) is 8.65. The van der Waals surface area contributed by atoms with E-state index < -0.39 is 0 Å². The maximum atomic E-state index is 12.5. The van der Waals surface area contributed by atoms with Crippen LogP contribution in [0.3, 0.4) is 0 Å². The van der Waals surface area contributed by atoms with E-state index in [4.69, 9.17) is 0 Å². The smallest absolute Gasteiger partial charge is 0.222 e. The molecule has 1 aromatic rings. The molecule has 1 amide bonds. The number of nitrogens with zero attached hydrogens (tertiary/aromatic N) is 4. The number of amides is 1. The van der Waals surface area contributed by atoms with Gasteiger partial charge in [-0.3, -0.25) is 4.79 Å². The molecule has 0 bridgehead atoms. The van der Waals surface area contributed by atoms with Crippen LogP contribution in [0.15, 0.2) is 6.33 Å². The van der Waals surface area contributed by atoms with Gasteiger partial charge >= 0.3 is 0 Å². The van der Waals surface area contributed by atoms with Crippen molar-refractivity contribution in [3.63, 3.8) is 0 Å². The molecular formula is C17H26N4O. The van der Waals surface area contributed by atoms with Gasteiger partial charge in [-0.2, -0.15) is 0 Å². The fraction of sp³-hybridized carbons (Fsp3) is 0.824. The summed E-state index contributed by atoms with van der Waals surface area (Å²) in [5.74, 6) is 2.28. The molecule has 3 fully saturated rings. The van der Waals surface area contributed by atoms with E-state index in [2.05, 4.69) is 33.5 Å². The Morgan fingerprint density at radius 3 is 2.77 bits per heavy atom. The second kappa shape index (κ2) is 5.07. The number of hydrogen-bond acceptors (Lipinski definition) is 3. The molecule has 120 valence electrons. The van der Waals surface area contributed by atoms with Crippen molar-refractivity contribution in [3.05, 3.63) is 12.2 Å². The van der Waals surface area contributed by atoms with Gasteiger partial charge in [-0.05, 0) is 37.0 Å². The second-order valence-electron chi connectivity index (χ2n) is 7.97. The van der Waals surface area contributed by atoms with Gasteiger partial charge in [0.1, 0.15) is 12.2 Å². The highest BCUT2D eigenvalue weighted by Gasteiger charge is 2.53. The third kappa shape index (κ3) is 2.25. The number of carbonyl (C=O) groups is 1. The molecule has 1 atom stereocenters. The van der Waals surface area contributed by atoms with Gasteiger partial charge in [-0.15, -0.1) is 10.2 Å². The molecule has 4 rings (SSSR count). The van der Waals surface area contributed by atoms with Crippen LogP contribution in [0.1, 0.15) is 70.2 Å². The predicted molar refractivity (Wildman–Crippen MR) is 83.4 cm³/mol. The van der Waals surface area contributed by atoms with Crippen molar-refractivity contribution in [1.29, 1.82) is 0 Å². The summed E-state index contributed by atoms with van der Waals surface area (Å²) in [6, 6.07) is 0.613. The first kappa shape index (κ1) is 14.2. The van der Waals surface area contributed by atoms with Crippen LogP contribution < -0.4 is 0 Å². The highest BCUT2D eigenvalue weighted by molar-refractivity contribution is 5.77. The van der Waals surface area contributed by atoms with Gasteiger partial charge in [0.15, 0.2) is 0 Å². The van der Waals surface area contributed by atoms with Crippen molar-refractivity contribution in [2.75, 3.05) is 13.1 Å². The van der Waals surface area contributed by atoms with Crippen molar-refractivity contribution in [2.24, 2.45) is 11.3 Å². The molecule has 0 aromatic carbocycles. The third-order valence-corrected chi connectivity index (χ3v) is 5.79. The predicted octanol–water partition coefficient (Wildman–Crippen LogP) is 2.76. The summed E-state index contributed by atoms with van der Waals surface area (Å²) in [4.78, 5) is 14.6. The van der Waals surface area contributed by atoms with Crippen molar-refractivity contribution < 1.29 is 4.79 Å². The van der Waals surface area contributed by atoms with Gasteiger partial charge in [-0.1, -0.05) is 20.3 Å². The molecule has 1 aliphatic heterocycles. The lowest BCUT2D eigenvalue weighted by Crippen LogP contribution is -2.38. The average Bonchev–Trinajstić information content (AvgIpc) is 3.01. The molecule has 2 saturated carbocycles. The quantitative estimate of drug-likeness (QED) is 0.859. The Bertz CT molecular complexity index is 571. The van der Waals surface area contributed by atoms with E-state index in [0.29, 0.717) is 30.2 Å². The SMILES string of the molecule is CC(C)CC(=O)N1CC(c2nncn2C2CC2)C2(CCC2)C1. The first-order chi connectivity index (χ1) is 10.6. The van der Waals surface area contributed by atoms with Crippen LogP contribution in [0, 0.1) is 11.3 Å². The molecule has 1 aromatic heterocycles. The van der Waals surface area contributed by atoms with E-state index in [1.165, 1.54) is 32.1 Å². The minimum atomic E-state index is 0.284. The van der Waals surface area contributed by atoms with Crippen molar-refractivity contribution >= 4 is 5.91 Å². The van der Waals surface area contributed by atoms with Gasteiger partial charge < -0.3 is 9.47 Å². The molecule has 2 aliphatic carbocycles. The maximum Gasteiger partial charge on any atom is 0.222 e. The van der Waals surface area contributed by atoms with E-state index in [-0.39, 0.29) is 5.41 Å². The lowest BCUT2D eigenvalue weighted by molar-refractivity contribution is -0.131. The van der Waals surface area contributed by atoms with Crippen LogP contribution in [-0.4, -0.2) is 38.7 Å². The molecule has 5 nitrogen and oxygen atoms in total. The zero-order valence-corrected chi connectivity index (χ0v) is 13.7. The van der Waals surface area contributed by atoms with Crippen molar-refractivity contribution in [2.45, 2.75) is 64.3 Å². The van der Waals surface area contributed by atoms with E-state index >= 15 is 0 Å². The minimum Gasteiger partial charge on any atom is -0.341 e. The number of hydrogen-bond donors (Lipinski definition) is 0. The van der Waals surface area contributed by atoms with E-state index in [9.17, 15) is 4.79 Å². The Kier molecular flexibility index (Phi) is 3.27. The topological polar surface area (TPSA) is 51.0 Å². The van der Waals surface area contributed by atoms with E-state index in [1.54, 1.807) is 0 Å². The summed E-state index contributed by atoms with van der Waals surface area (Å²) in [5.41, 5.74) is 0.284. The van der Waals surface area contributed by atoms with Crippen LogP contribution in [0.5, 0.6) is 0 Å². The van der Waals surface area contributed by atoms with Gasteiger partial charge in [0.2, 0.25) is 5.91 Å². The lowest BCUT2D eigenvalue weighted by atomic mass is 9.62. The molecule has 5 heteroatoms. The Hall–Kier alpha value is -1.39. The standard InChI is InChI=1S/C17H26N4O/c1-12(2)8-15(22)20-9-14(17(10-20)6-3-7-17)16-19-18-11-21(16)13-4-5-13/h11-14H,3-10H2,1-2H3. The number of carbonyl (C=O) groups excluding carboxylic acids is 1. The molecule has 22 heavy (non-hydrogen) atoms. The lowest BCUT2D eigenvalue weighted by Gasteiger charge is -2.42. The molecule has 0 radical (unpaired) electrons. The highest BCUT2D eigenvalue weighted by Crippen LogP contribution is 2.56. The Morgan fingerprint density at radius 1 is 1.41 bits per heavy atom. The maximum absolute atomic E-state index is 12.5. The van der Waals surface area contributed by atoms with E-state index in [0.717, 1.165) is 18.9 Å². The van der Waals surface area contributed by atoms with Crippen LogP contribution in [0.25, 0.3) is 0 Å². The summed E-state index contributed by atoms with van der Waals surface area (Å²) in [6.07, 6.45) is 8.83. The third-order valence-electron chi connectivity index (χ3n) is 5.79. The van der Waals surface area contributed by atoms with Gasteiger partial charge in [-0.25, -0.2) is 0 Å². The Labute approximate surface area is 132 Å². The van der Waals surface area contributed by atoms with Crippen molar-refractivity contribution in [1.82, 2.24) is 19.7 Å². The van der Waals surface area contributed by atoms with Crippen LogP contribution in [0.2, 0.25) is 0 Å². The Morgan fingerprint density at radius 2 is 2.18 bits per heavy atom. The minimum absolute atomic E-state index is 0.284. The first-order valence-corrected chi connectivity index (χ1v) is 8.76. The van der Waals surface area contributed by atoms with Crippen LogP contribution >= 0.6 is 0 Å². The van der Waals surface area contributed by atoms with Crippen LogP contribution in [0.4, 0.5) is 0 Å². The zero-order valence-electron chi connectivity index (χ0n) is 13.7. The molecule has 2 heterocycles. The fourth-order valence-electron chi connectivity index (χ4n) is 4.27. The molecular weight excluding hydrogens is 276 g/mol. The number of rotatable bonds is 4. The van der Waals surface area contributed by atoms with Crippen LogP contribution in [-0.2, 0) is 4.79 Å². The summed E-state index contributed by atoms with van der Waals surface area (Å²) in [7, 11) is 0. The average molecular weight is 302 g/mol. The Balaban J connectivity index is 1.58. The van der Waals surface area contributed by atoms with Gasteiger partial charge in [0.05, 0.1) is 0 Å². The zero-order chi connectivity index (χ0) is 15.3. The molecule has 1 spiro atoms. The molecule has 1 saturated heterocycles. The van der Waals surface area contributed by atoms with Gasteiger partial charge in [0, 0.05) is 31.5 Å². The van der Waals surface area contributed by atoms with Gasteiger partial charge in [0.25, 0.3) is 0 Å². The summed E-state index contributed by atoms with van der Waals surface area (Å²) in [6.45, 7) is 6.01. The molecule has 0 N–H and O–H groups in total. The fourth-order valence-corrected chi connectivity index (χ4v) is 4.27. The highest BCUT2D eigenvalue weighted by atomic mass is 16.2. The molecule has 1 unspecified atom stereocenters. The first-order valence-electron chi connectivity index (χ1n) is 8.76. The summed E-state index contributed by atoms with van der Waals surface area (Å²) < 4.78 is 2.29. The monoisotopic (exact) mass is 302 g/mol. The summed E-state index contributed by atoms with van der Waals surface area (Å²) >= 11 is 0. The molecule has 3 aliphatic rings. The van der Waals surface area contributed by atoms with E-state index in [1.807, 2.05) is 6.33 Å². The second-order valence-corrected chi connectivity index (χ2v) is 7.97. The largest absolute Gasteiger partial charge is 0.341 e. The normalized spacial score (nSPS) is 26.7. The number of likely N-dealkylation sites (tertiary alicyclic amines) is 1. The number of aromatic nitrogens is 3.